The second kappa shape index (κ2) is 20.2. The molecule has 31 heavy (non-hydrogen) atoms. The average molecular weight is 447 g/mol. The van der Waals surface area contributed by atoms with Gasteiger partial charge in [0, 0.05) is 0 Å². The van der Waals surface area contributed by atoms with Gasteiger partial charge in [-0.05, 0) is 24.3 Å². The molecule has 12 heteroatoms. The fourth-order valence-electron chi connectivity index (χ4n) is 1.56. The number of benzene rings is 1. The molecule has 0 radical (unpaired) electrons. The lowest BCUT2D eigenvalue weighted by Crippen LogP contribution is -2.32. The molecular weight excluding hydrogens is 412 g/mol. The SMILES string of the molecule is CC(C)C[C@H](N)C(=O)O.NCC(=O)O.NCC(=O)O.N[C@@H](Cc1ccccc1)C(=O)O. The quantitative estimate of drug-likeness (QED) is 0.243. The van der Waals surface area contributed by atoms with E-state index in [0.29, 0.717) is 18.8 Å². The van der Waals surface area contributed by atoms with Gasteiger partial charge in [0.05, 0.1) is 13.1 Å². The predicted octanol–water partition coefficient (Wildman–Crippen LogP) is -0.855. The highest BCUT2D eigenvalue weighted by atomic mass is 16.4. The summed E-state index contributed by atoms with van der Waals surface area (Å²) in [5, 5.41) is 32.0. The van der Waals surface area contributed by atoms with E-state index in [1.165, 1.54) is 0 Å². The van der Waals surface area contributed by atoms with Crippen molar-refractivity contribution in [1.29, 1.82) is 0 Å². The summed E-state index contributed by atoms with van der Waals surface area (Å²) in [6.45, 7) is 3.34. The summed E-state index contributed by atoms with van der Waals surface area (Å²) >= 11 is 0. The minimum atomic E-state index is -0.968. The van der Waals surface area contributed by atoms with E-state index in [-0.39, 0.29) is 13.1 Å². The van der Waals surface area contributed by atoms with Crippen molar-refractivity contribution in [2.75, 3.05) is 13.1 Å². The van der Waals surface area contributed by atoms with Gasteiger partial charge in [0.2, 0.25) is 0 Å². The standard InChI is InChI=1S/C9H11NO2.C6H13NO2.2C2H5NO2/c10-8(9(11)12)6-7-4-2-1-3-5-7;1-4(2)3-5(7)6(8)9;2*3-1-2(4)5/h1-5,8H,6,10H2,(H,11,12);4-5H,3,7H2,1-2H3,(H,8,9);2*1,3H2,(H,4,5)/t8-;5-;;/m00../s1. The van der Waals surface area contributed by atoms with E-state index >= 15 is 0 Å². The lowest BCUT2D eigenvalue weighted by molar-refractivity contribution is -0.139. The van der Waals surface area contributed by atoms with Crippen LogP contribution in [0.15, 0.2) is 30.3 Å². The average Bonchev–Trinajstić information content (AvgIpc) is 2.69. The van der Waals surface area contributed by atoms with Crippen molar-refractivity contribution >= 4 is 23.9 Å². The van der Waals surface area contributed by atoms with Crippen LogP contribution < -0.4 is 22.9 Å². The van der Waals surface area contributed by atoms with Crippen LogP contribution in [-0.4, -0.2) is 69.5 Å². The lowest BCUT2D eigenvalue weighted by Gasteiger charge is -2.07. The number of rotatable bonds is 8. The van der Waals surface area contributed by atoms with Gasteiger partial charge in [-0.3, -0.25) is 19.2 Å². The minimum absolute atomic E-state index is 0.278. The van der Waals surface area contributed by atoms with Gasteiger partial charge >= 0.3 is 23.9 Å². The van der Waals surface area contributed by atoms with Gasteiger partial charge < -0.3 is 43.4 Å². The fourth-order valence-corrected chi connectivity index (χ4v) is 1.56. The molecule has 0 aliphatic carbocycles. The van der Waals surface area contributed by atoms with Crippen LogP contribution in [0.25, 0.3) is 0 Å². The highest BCUT2D eigenvalue weighted by Gasteiger charge is 2.12. The summed E-state index contributed by atoms with van der Waals surface area (Å²) in [5.41, 5.74) is 20.7. The molecule has 2 atom stereocenters. The molecule has 0 aliphatic heterocycles. The van der Waals surface area contributed by atoms with Crippen molar-refractivity contribution in [3.8, 4) is 0 Å². The molecule has 0 aromatic heterocycles. The Hall–Kier alpha value is -3.06. The Morgan fingerprint density at radius 3 is 1.35 bits per heavy atom. The fraction of sp³-hybridized carbons (Fsp3) is 0.474. The molecule has 0 saturated heterocycles. The molecule has 0 unspecified atom stereocenters. The summed E-state index contributed by atoms with van der Waals surface area (Å²) in [7, 11) is 0. The highest BCUT2D eigenvalue weighted by molar-refractivity contribution is 5.73. The number of carboxylic acids is 4. The van der Waals surface area contributed by atoms with E-state index in [1.807, 2.05) is 44.2 Å². The van der Waals surface area contributed by atoms with E-state index < -0.39 is 36.0 Å². The number of nitrogens with two attached hydrogens (primary N) is 4. The Labute approximate surface area is 180 Å². The van der Waals surface area contributed by atoms with Crippen LogP contribution in [-0.2, 0) is 25.6 Å². The minimum Gasteiger partial charge on any atom is -0.480 e. The van der Waals surface area contributed by atoms with Crippen LogP contribution in [0.2, 0.25) is 0 Å². The van der Waals surface area contributed by atoms with Crippen LogP contribution in [0.3, 0.4) is 0 Å². The number of carbonyl (C=O) groups is 4. The Morgan fingerprint density at radius 2 is 1.13 bits per heavy atom. The van der Waals surface area contributed by atoms with E-state index in [2.05, 4.69) is 11.5 Å². The maximum Gasteiger partial charge on any atom is 0.320 e. The van der Waals surface area contributed by atoms with Crippen molar-refractivity contribution in [2.45, 2.75) is 38.8 Å². The molecule has 1 aromatic rings. The Kier molecular flexibility index (Phi) is 21.3. The molecule has 0 aliphatic rings. The third-order valence-electron chi connectivity index (χ3n) is 3.01. The zero-order valence-electron chi connectivity index (χ0n) is 17.7. The van der Waals surface area contributed by atoms with Gasteiger partial charge in [-0.1, -0.05) is 44.2 Å². The Balaban J connectivity index is -0.000000365. The molecule has 178 valence electrons. The molecule has 0 fully saturated rings. The Bertz CT molecular complexity index is 627. The summed E-state index contributed by atoms with van der Waals surface area (Å²) < 4.78 is 0. The number of carboxylic acid groups (broad SMARTS) is 4. The number of hydrogen-bond acceptors (Lipinski definition) is 8. The number of aliphatic carboxylic acids is 4. The largest absolute Gasteiger partial charge is 0.480 e. The van der Waals surface area contributed by atoms with Crippen LogP contribution in [0.1, 0.15) is 25.8 Å². The van der Waals surface area contributed by atoms with Gasteiger partial charge in [0.1, 0.15) is 12.1 Å². The summed E-state index contributed by atoms with van der Waals surface area (Å²) in [5.74, 6) is -3.45. The van der Waals surface area contributed by atoms with Crippen LogP contribution >= 0.6 is 0 Å². The van der Waals surface area contributed by atoms with Crippen LogP contribution in [0, 0.1) is 5.92 Å². The van der Waals surface area contributed by atoms with E-state index in [4.69, 9.17) is 31.9 Å². The molecule has 0 bridgehead atoms. The van der Waals surface area contributed by atoms with Crippen molar-refractivity contribution < 1.29 is 39.6 Å². The topological polar surface area (TPSA) is 253 Å². The van der Waals surface area contributed by atoms with Gasteiger partial charge in [-0.15, -0.1) is 0 Å². The second-order valence-electron chi connectivity index (χ2n) is 6.40. The molecule has 0 spiro atoms. The zero-order chi connectivity index (χ0) is 25.0. The van der Waals surface area contributed by atoms with Crippen LogP contribution in [0.4, 0.5) is 0 Å². The summed E-state index contributed by atoms with van der Waals surface area (Å²) in [6, 6.07) is 7.85. The van der Waals surface area contributed by atoms with Crippen molar-refractivity contribution in [2.24, 2.45) is 28.9 Å². The smallest absolute Gasteiger partial charge is 0.320 e. The monoisotopic (exact) mass is 446 g/mol. The van der Waals surface area contributed by atoms with E-state index in [0.717, 1.165) is 5.56 Å². The molecule has 0 heterocycles. The maximum atomic E-state index is 10.4. The zero-order valence-corrected chi connectivity index (χ0v) is 17.7. The van der Waals surface area contributed by atoms with Crippen molar-refractivity contribution in [3.63, 3.8) is 0 Å². The van der Waals surface area contributed by atoms with Gasteiger partial charge in [-0.2, -0.15) is 0 Å². The van der Waals surface area contributed by atoms with Crippen LogP contribution in [0.5, 0.6) is 0 Å². The molecule has 0 saturated carbocycles. The Morgan fingerprint density at radius 1 is 0.774 bits per heavy atom. The highest BCUT2D eigenvalue weighted by Crippen LogP contribution is 2.02. The molecular formula is C19H34N4O8. The van der Waals surface area contributed by atoms with Gasteiger partial charge in [0.15, 0.2) is 0 Å². The first-order chi connectivity index (χ1) is 14.3. The van der Waals surface area contributed by atoms with Gasteiger partial charge in [-0.25, -0.2) is 0 Å². The molecule has 1 rings (SSSR count). The van der Waals surface area contributed by atoms with E-state index in [1.54, 1.807) is 0 Å². The summed E-state index contributed by atoms with van der Waals surface area (Å²) in [6.07, 6.45) is 0.936. The first kappa shape index (κ1) is 32.6. The molecule has 0 amide bonds. The molecule has 12 N–H and O–H groups in total. The number of hydrogen-bond donors (Lipinski definition) is 8. The normalized spacial score (nSPS) is 11.2. The first-order valence-corrected chi connectivity index (χ1v) is 9.12. The predicted molar refractivity (Wildman–Crippen MR) is 114 cm³/mol. The second-order valence-corrected chi connectivity index (χ2v) is 6.40. The van der Waals surface area contributed by atoms with Gasteiger partial charge in [0.25, 0.3) is 0 Å². The molecule has 12 nitrogen and oxygen atoms in total. The third kappa shape index (κ3) is 26.9. The molecule has 1 aromatic carbocycles. The first-order valence-electron chi connectivity index (χ1n) is 9.12. The summed E-state index contributed by atoms with van der Waals surface area (Å²) in [4.78, 5) is 39.0. The van der Waals surface area contributed by atoms with Crippen molar-refractivity contribution in [1.82, 2.24) is 0 Å². The van der Waals surface area contributed by atoms with E-state index in [9.17, 15) is 19.2 Å². The lowest BCUT2D eigenvalue weighted by atomic mass is 10.1. The maximum absolute atomic E-state index is 10.4. The third-order valence-corrected chi connectivity index (χ3v) is 3.01. The van der Waals surface area contributed by atoms with Crippen molar-refractivity contribution in [3.05, 3.63) is 35.9 Å².